The molecule has 96 valence electrons. The minimum absolute atomic E-state index is 0.189. The van der Waals surface area contributed by atoms with E-state index in [1.54, 1.807) is 13.4 Å². The first-order valence-corrected chi connectivity index (χ1v) is 6.22. The minimum Gasteiger partial charge on any atom is -0.263 e. The fourth-order valence-electron chi connectivity index (χ4n) is 2.09. The van der Waals surface area contributed by atoms with E-state index >= 15 is 0 Å². The standard InChI is InChI=1S/C13H11ClN4O/c1-17-13(19)10-11(12(14)16-17)18(8-15-10)7-9-5-3-2-4-6-9/h2-6,8H,7H2,1H3/p+1. The number of nitrogens with zero attached hydrogens (tertiary/aromatic N) is 3. The molecular weight excluding hydrogens is 264 g/mol. The van der Waals surface area contributed by atoms with Crippen LogP contribution in [0.5, 0.6) is 0 Å². The molecule has 3 aromatic rings. The Hall–Kier alpha value is -2.14. The third kappa shape index (κ3) is 2.02. The Morgan fingerprint density at radius 3 is 2.84 bits per heavy atom. The van der Waals surface area contributed by atoms with Gasteiger partial charge in [-0.1, -0.05) is 41.9 Å². The maximum atomic E-state index is 11.9. The van der Waals surface area contributed by atoms with Crippen molar-refractivity contribution in [1.29, 1.82) is 0 Å². The van der Waals surface area contributed by atoms with Gasteiger partial charge in [0.25, 0.3) is 0 Å². The van der Waals surface area contributed by atoms with Gasteiger partial charge in [0.2, 0.25) is 22.5 Å². The normalized spacial score (nSPS) is 11.1. The lowest BCUT2D eigenvalue weighted by Crippen LogP contribution is -2.34. The molecule has 0 saturated heterocycles. The Morgan fingerprint density at radius 2 is 2.11 bits per heavy atom. The summed E-state index contributed by atoms with van der Waals surface area (Å²) in [5.41, 5.74) is 2.04. The molecule has 0 radical (unpaired) electrons. The molecule has 0 aliphatic rings. The number of hydrogen-bond donors (Lipinski definition) is 1. The number of hydrogen-bond acceptors (Lipinski definition) is 2. The number of H-pyrrole nitrogens is 1. The summed E-state index contributed by atoms with van der Waals surface area (Å²) in [4.78, 5) is 14.9. The van der Waals surface area contributed by atoms with Crippen LogP contribution in [0.4, 0.5) is 0 Å². The molecule has 5 nitrogen and oxygen atoms in total. The van der Waals surface area contributed by atoms with E-state index in [9.17, 15) is 4.79 Å². The number of rotatable bonds is 2. The van der Waals surface area contributed by atoms with Crippen molar-refractivity contribution >= 4 is 22.6 Å². The molecule has 0 spiro atoms. The number of aryl methyl sites for hydroxylation is 1. The monoisotopic (exact) mass is 275 g/mol. The Kier molecular flexibility index (Phi) is 2.83. The molecule has 0 aliphatic carbocycles. The van der Waals surface area contributed by atoms with Crippen LogP contribution in [0.1, 0.15) is 5.56 Å². The van der Waals surface area contributed by atoms with Crippen LogP contribution in [0.25, 0.3) is 11.0 Å². The second-order valence-electron chi connectivity index (χ2n) is 4.33. The second kappa shape index (κ2) is 4.51. The first kappa shape index (κ1) is 11.9. The highest BCUT2D eigenvalue weighted by Gasteiger charge is 2.19. The predicted octanol–water partition coefficient (Wildman–Crippen LogP) is 1.25. The van der Waals surface area contributed by atoms with Gasteiger partial charge in [0.05, 0.1) is 0 Å². The first-order valence-electron chi connectivity index (χ1n) is 5.84. The van der Waals surface area contributed by atoms with Crippen LogP contribution < -0.4 is 10.1 Å². The third-order valence-electron chi connectivity index (χ3n) is 3.03. The van der Waals surface area contributed by atoms with E-state index < -0.39 is 0 Å². The van der Waals surface area contributed by atoms with Gasteiger partial charge in [-0.2, -0.15) is 5.10 Å². The maximum Gasteiger partial charge on any atom is 0.318 e. The van der Waals surface area contributed by atoms with Crippen molar-refractivity contribution in [2.24, 2.45) is 7.05 Å². The number of benzene rings is 1. The van der Waals surface area contributed by atoms with Crippen molar-refractivity contribution in [3.05, 3.63) is 57.7 Å². The van der Waals surface area contributed by atoms with Crippen molar-refractivity contribution in [2.75, 3.05) is 0 Å². The van der Waals surface area contributed by atoms with Gasteiger partial charge in [-0.05, 0) is 5.56 Å². The van der Waals surface area contributed by atoms with Crippen LogP contribution in [0.2, 0.25) is 5.15 Å². The molecule has 0 saturated carbocycles. The zero-order valence-corrected chi connectivity index (χ0v) is 11.1. The topological polar surface area (TPSA) is 54.6 Å². The van der Waals surface area contributed by atoms with Gasteiger partial charge in [0.15, 0.2) is 0 Å². The average molecular weight is 276 g/mol. The molecular formula is C13H12ClN4O+. The van der Waals surface area contributed by atoms with Crippen LogP contribution in [0.15, 0.2) is 41.5 Å². The summed E-state index contributed by atoms with van der Waals surface area (Å²) < 4.78 is 3.12. The van der Waals surface area contributed by atoms with E-state index in [1.807, 2.05) is 34.9 Å². The van der Waals surface area contributed by atoms with Crippen molar-refractivity contribution < 1.29 is 4.57 Å². The minimum atomic E-state index is -0.189. The molecule has 3 rings (SSSR count). The van der Waals surface area contributed by atoms with Crippen LogP contribution in [-0.2, 0) is 13.6 Å². The molecule has 2 heterocycles. The third-order valence-corrected chi connectivity index (χ3v) is 3.28. The number of fused-ring (bicyclic) bond motifs is 1. The van der Waals surface area contributed by atoms with Crippen LogP contribution in [0, 0.1) is 0 Å². The number of nitrogens with one attached hydrogen (secondary N) is 1. The van der Waals surface area contributed by atoms with Crippen LogP contribution in [0.3, 0.4) is 0 Å². The molecule has 2 aromatic heterocycles. The van der Waals surface area contributed by atoms with E-state index in [2.05, 4.69) is 10.1 Å². The zero-order chi connectivity index (χ0) is 13.4. The van der Waals surface area contributed by atoms with Crippen molar-refractivity contribution in [3.63, 3.8) is 0 Å². The molecule has 0 atom stereocenters. The Morgan fingerprint density at radius 1 is 1.37 bits per heavy atom. The molecule has 6 heteroatoms. The Labute approximate surface area is 114 Å². The molecule has 1 N–H and O–H groups in total. The van der Waals surface area contributed by atoms with Crippen molar-refractivity contribution in [3.8, 4) is 0 Å². The summed E-state index contributed by atoms with van der Waals surface area (Å²) in [5, 5.41) is 4.32. The molecule has 1 aromatic carbocycles. The summed E-state index contributed by atoms with van der Waals surface area (Å²) in [5.74, 6) is 0. The van der Waals surface area contributed by atoms with E-state index in [0.717, 1.165) is 5.56 Å². The summed E-state index contributed by atoms with van der Waals surface area (Å²) in [6, 6.07) is 9.96. The number of imidazole rings is 1. The number of halogens is 1. The molecule has 0 fully saturated rings. The lowest BCUT2D eigenvalue weighted by Gasteiger charge is -2.00. The van der Waals surface area contributed by atoms with Crippen LogP contribution >= 0.6 is 11.6 Å². The van der Waals surface area contributed by atoms with E-state index in [1.165, 1.54) is 4.68 Å². The van der Waals surface area contributed by atoms with Gasteiger partial charge in [0, 0.05) is 7.05 Å². The maximum absolute atomic E-state index is 11.9. The van der Waals surface area contributed by atoms with Gasteiger partial charge >= 0.3 is 5.56 Å². The molecule has 19 heavy (non-hydrogen) atoms. The smallest absolute Gasteiger partial charge is 0.263 e. The molecule has 0 bridgehead atoms. The summed E-state index contributed by atoms with van der Waals surface area (Å²) in [7, 11) is 1.58. The SMILES string of the molecule is Cn1nc(Cl)c2c([nH]c[n+]2Cc2ccccc2)c1=O. The van der Waals surface area contributed by atoms with Crippen molar-refractivity contribution in [1.82, 2.24) is 14.8 Å². The second-order valence-corrected chi connectivity index (χ2v) is 4.69. The van der Waals surface area contributed by atoms with Gasteiger partial charge < -0.3 is 0 Å². The zero-order valence-electron chi connectivity index (χ0n) is 10.3. The lowest BCUT2D eigenvalue weighted by molar-refractivity contribution is -0.662. The first-order chi connectivity index (χ1) is 9.16. The fourth-order valence-corrected chi connectivity index (χ4v) is 2.41. The average Bonchev–Trinajstić information content (AvgIpc) is 2.82. The number of aromatic nitrogens is 4. The largest absolute Gasteiger partial charge is 0.318 e. The quantitative estimate of drug-likeness (QED) is 0.716. The highest BCUT2D eigenvalue weighted by atomic mass is 35.5. The van der Waals surface area contributed by atoms with E-state index in [4.69, 9.17) is 11.6 Å². The van der Waals surface area contributed by atoms with Gasteiger partial charge in [0.1, 0.15) is 6.54 Å². The Balaban J connectivity index is 2.16. The van der Waals surface area contributed by atoms with Crippen molar-refractivity contribution in [2.45, 2.75) is 6.54 Å². The lowest BCUT2D eigenvalue weighted by atomic mass is 10.2. The number of aromatic amines is 1. The van der Waals surface area contributed by atoms with E-state index in [-0.39, 0.29) is 5.56 Å². The molecule has 0 unspecified atom stereocenters. The van der Waals surface area contributed by atoms with E-state index in [0.29, 0.717) is 22.7 Å². The van der Waals surface area contributed by atoms with Gasteiger partial charge in [-0.3, -0.25) is 4.79 Å². The summed E-state index contributed by atoms with van der Waals surface area (Å²) >= 11 is 6.14. The summed E-state index contributed by atoms with van der Waals surface area (Å²) in [6.07, 6.45) is 1.74. The Bertz CT molecular complexity index is 792. The predicted molar refractivity (Wildman–Crippen MR) is 72.1 cm³/mol. The fraction of sp³-hybridized carbons (Fsp3) is 0.154. The molecule has 0 aliphatic heterocycles. The highest BCUT2D eigenvalue weighted by Crippen LogP contribution is 2.12. The van der Waals surface area contributed by atoms with Gasteiger partial charge in [-0.15, -0.1) is 0 Å². The van der Waals surface area contributed by atoms with Crippen LogP contribution in [-0.4, -0.2) is 14.8 Å². The van der Waals surface area contributed by atoms with Gasteiger partial charge in [-0.25, -0.2) is 14.2 Å². The highest BCUT2D eigenvalue weighted by molar-refractivity contribution is 6.33. The summed E-state index contributed by atoms with van der Waals surface area (Å²) in [6.45, 7) is 0.634. The molecule has 0 amide bonds.